The van der Waals surface area contributed by atoms with Gasteiger partial charge in [0.2, 0.25) is 0 Å². The molecule has 0 spiro atoms. The molecular formula is C26H34N2O6. The van der Waals surface area contributed by atoms with Crippen LogP contribution in [0.15, 0.2) is 42.5 Å². The van der Waals surface area contributed by atoms with Crippen molar-refractivity contribution in [2.45, 2.75) is 71.1 Å². The fraction of sp³-hybridized carbons (Fsp3) is 0.462. The number of carbonyl (C=O) groups is 2. The molecule has 1 amide bonds. The van der Waals surface area contributed by atoms with Crippen molar-refractivity contribution in [3.8, 4) is 5.75 Å². The molecule has 2 N–H and O–H groups in total. The van der Waals surface area contributed by atoms with E-state index in [0.29, 0.717) is 18.0 Å². The Bertz CT molecular complexity index is 960. The minimum absolute atomic E-state index is 0.279. The number of carboxylic acid groups (broad SMARTS) is 1. The lowest BCUT2D eigenvalue weighted by atomic mass is 10.0. The second-order valence-electron chi connectivity index (χ2n) is 8.27. The summed E-state index contributed by atoms with van der Waals surface area (Å²) in [4.78, 5) is 34.5. The summed E-state index contributed by atoms with van der Waals surface area (Å²) in [5.74, 6) is -1.69. The predicted molar refractivity (Wildman–Crippen MR) is 132 cm³/mol. The van der Waals surface area contributed by atoms with Crippen molar-refractivity contribution in [3.05, 3.63) is 63.7 Å². The van der Waals surface area contributed by atoms with Gasteiger partial charge in [0.1, 0.15) is 11.3 Å². The van der Waals surface area contributed by atoms with Crippen LogP contribution < -0.4 is 10.1 Å². The van der Waals surface area contributed by atoms with Gasteiger partial charge in [-0.15, -0.1) is 0 Å². The fourth-order valence-electron chi connectivity index (χ4n) is 3.75. The first kappa shape index (κ1) is 26.8. The first-order chi connectivity index (χ1) is 16.4. The maximum Gasteiger partial charge on any atom is 0.343 e. The summed E-state index contributed by atoms with van der Waals surface area (Å²) in [7, 11) is 0. The molecular weight excluding hydrogens is 436 g/mol. The molecule has 2 aromatic carbocycles. The summed E-state index contributed by atoms with van der Waals surface area (Å²) in [6.07, 6.45) is 12.4. The van der Waals surface area contributed by atoms with Gasteiger partial charge in [-0.2, -0.15) is 0 Å². The first-order valence-electron chi connectivity index (χ1n) is 12.0. The standard InChI is InChI=1S/C26H34N2O6/c1-2-3-4-5-6-7-8-9-10-11-18-34-21-15-12-14-20(19-21)27-25(29)22-16-13-17-23(28(32)33)24(22)26(30)31/h12-17,19H,2-11,18H2,1H3,(H,27,29)(H,30,31). The highest BCUT2D eigenvalue weighted by atomic mass is 16.6. The molecule has 0 atom stereocenters. The molecule has 0 heterocycles. The zero-order valence-corrected chi connectivity index (χ0v) is 19.8. The second-order valence-corrected chi connectivity index (χ2v) is 8.27. The van der Waals surface area contributed by atoms with Crippen molar-refractivity contribution in [3.63, 3.8) is 0 Å². The molecule has 184 valence electrons. The molecule has 34 heavy (non-hydrogen) atoms. The molecule has 0 aliphatic rings. The van der Waals surface area contributed by atoms with Crippen LogP contribution in [0.5, 0.6) is 5.75 Å². The normalized spacial score (nSPS) is 10.6. The highest BCUT2D eigenvalue weighted by Gasteiger charge is 2.27. The molecule has 8 heteroatoms. The number of benzene rings is 2. The van der Waals surface area contributed by atoms with E-state index in [1.54, 1.807) is 24.3 Å². The molecule has 2 aromatic rings. The number of hydrogen-bond acceptors (Lipinski definition) is 5. The number of aromatic carboxylic acids is 1. The third-order valence-corrected chi connectivity index (χ3v) is 5.56. The Morgan fingerprint density at radius 2 is 1.56 bits per heavy atom. The summed E-state index contributed by atoms with van der Waals surface area (Å²) >= 11 is 0. The number of nitro benzene ring substituents is 1. The van der Waals surface area contributed by atoms with Crippen molar-refractivity contribution in [2.24, 2.45) is 0 Å². The van der Waals surface area contributed by atoms with E-state index >= 15 is 0 Å². The van der Waals surface area contributed by atoms with Crippen LogP contribution in [0.2, 0.25) is 0 Å². The monoisotopic (exact) mass is 470 g/mol. The van der Waals surface area contributed by atoms with Crippen LogP contribution in [-0.2, 0) is 0 Å². The Labute approximate surface area is 200 Å². The maximum absolute atomic E-state index is 12.6. The Kier molecular flexibility index (Phi) is 11.6. The van der Waals surface area contributed by atoms with Gasteiger partial charge in [0, 0.05) is 17.8 Å². The van der Waals surface area contributed by atoms with Crippen LogP contribution >= 0.6 is 0 Å². The van der Waals surface area contributed by atoms with Gasteiger partial charge in [-0.1, -0.05) is 76.8 Å². The van der Waals surface area contributed by atoms with Crippen LogP contribution in [0.3, 0.4) is 0 Å². The largest absolute Gasteiger partial charge is 0.494 e. The van der Waals surface area contributed by atoms with E-state index in [9.17, 15) is 24.8 Å². The van der Waals surface area contributed by atoms with E-state index in [4.69, 9.17) is 4.74 Å². The highest BCUT2D eigenvalue weighted by molar-refractivity contribution is 6.12. The highest BCUT2D eigenvalue weighted by Crippen LogP contribution is 2.24. The average molecular weight is 471 g/mol. The van der Waals surface area contributed by atoms with Gasteiger partial charge in [-0.3, -0.25) is 14.9 Å². The Balaban J connectivity index is 1.81. The van der Waals surface area contributed by atoms with Gasteiger partial charge in [0.15, 0.2) is 0 Å². The van der Waals surface area contributed by atoms with Crippen LogP contribution in [0.25, 0.3) is 0 Å². The van der Waals surface area contributed by atoms with Crippen LogP contribution in [0, 0.1) is 10.1 Å². The van der Waals surface area contributed by atoms with E-state index in [0.717, 1.165) is 18.9 Å². The maximum atomic E-state index is 12.6. The van der Waals surface area contributed by atoms with Crippen LogP contribution in [-0.4, -0.2) is 28.5 Å². The third-order valence-electron chi connectivity index (χ3n) is 5.56. The smallest absolute Gasteiger partial charge is 0.343 e. The van der Waals surface area contributed by atoms with E-state index in [2.05, 4.69) is 12.2 Å². The lowest BCUT2D eigenvalue weighted by molar-refractivity contribution is -0.385. The summed E-state index contributed by atoms with van der Waals surface area (Å²) in [6.45, 7) is 2.80. The molecule has 0 bridgehead atoms. The van der Waals surface area contributed by atoms with E-state index in [-0.39, 0.29) is 5.56 Å². The second kappa shape index (κ2) is 14.7. The molecule has 0 aliphatic heterocycles. The number of hydrogen-bond donors (Lipinski definition) is 2. The van der Waals surface area contributed by atoms with Crippen molar-refractivity contribution in [1.29, 1.82) is 0 Å². The van der Waals surface area contributed by atoms with Crippen molar-refractivity contribution < 1.29 is 24.4 Å². The lowest BCUT2D eigenvalue weighted by Crippen LogP contribution is -2.17. The molecule has 0 unspecified atom stereocenters. The summed E-state index contributed by atoms with van der Waals surface area (Å²) in [6, 6.07) is 10.4. The van der Waals surface area contributed by atoms with Gasteiger partial charge in [-0.05, 0) is 24.6 Å². The summed E-state index contributed by atoms with van der Waals surface area (Å²) < 4.78 is 5.78. The van der Waals surface area contributed by atoms with Crippen LogP contribution in [0.1, 0.15) is 91.8 Å². The van der Waals surface area contributed by atoms with Gasteiger partial charge >= 0.3 is 5.97 Å². The van der Waals surface area contributed by atoms with Crippen LogP contribution in [0.4, 0.5) is 11.4 Å². The minimum atomic E-state index is -1.54. The number of anilines is 1. The first-order valence-corrected chi connectivity index (χ1v) is 12.0. The summed E-state index contributed by atoms with van der Waals surface area (Å²) in [5.41, 5.74) is -1.14. The van der Waals surface area contributed by atoms with E-state index in [1.807, 2.05) is 0 Å². The molecule has 0 fully saturated rings. The summed E-state index contributed by atoms with van der Waals surface area (Å²) in [5, 5.41) is 23.1. The van der Waals surface area contributed by atoms with E-state index in [1.165, 1.54) is 63.5 Å². The van der Waals surface area contributed by atoms with Gasteiger partial charge in [0.05, 0.1) is 17.1 Å². The van der Waals surface area contributed by atoms with Gasteiger partial charge in [-0.25, -0.2) is 4.79 Å². The third kappa shape index (κ3) is 8.84. The number of unbranched alkanes of at least 4 members (excludes halogenated alkanes) is 9. The topological polar surface area (TPSA) is 119 Å². The van der Waals surface area contributed by atoms with Crippen molar-refractivity contribution in [2.75, 3.05) is 11.9 Å². The zero-order valence-electron chi connectivity index (χ0n) is 19.8. The molecule has 0 aromatic heterocycles. The number of amides is 1. The Morgan fingerprint density at radius 3 is 2.18 bits per heavy atom. The van der Waals surface area contributed by atoms with Crippen molar-refractivity contribution >= 4 is 23.3 Å². The SMILES string of the molecule is CCCCCCCCCCCCOc1cccc(NC(=O)c2cccc([N+](=O)[O-])c2C(=O)O)c1. The number of carbonyl (C=O) groups excluding carboxylic acids is 1. The molecule has 2 rings (SSSR count). The Hall–Kier alpha value is -3.42. The number of nitrogens with one attached hydrogen (secondary N) is 1. The van der Waals surface area contributed by atoms with Gasteiger partial charge in [0.25, 0.3) is 11.6 Å². The van der Waals surface area contributed by atoms with Gasteiger partial charge < -0.3 is 15.2 Å². The molecule has 0 radical (unpaired) electrons. The average Bonchev–Trinajstić information content (AvgIpc) is 2.82. The lowest BCUT2D eigenvalue weighted by Gasteiger charge is -2.10. The molecule has 0 aliphatic carbocycles. The molecule has 8 nitrogen and oxygen atoms in total. The molecule has 0 saturated carbocycles. The number of nitro groups is 1. The van der Waals surface area contributed by atoms with E-state index < -0.39 is 28.1 Å². The zero-order chi connectivity index (χ0) is 24.8. The minimum Gasteiger partial charge on any atom is -0.494 e. The predicted octanol–water partition coefficient (Wildman–Crippen LogP) is 6.85. The number of nitrogens with zero attached hydrogens (tertiary/aromatic N) is 1. The molecule has 0 saturated heterocycles. The quantitative estimate of drug-likeness (QED) is 0.157. The fourth-order valence-corrected chi connectivity index (χ4v) is 3.75. The number of ether oxygens (including phenoxy) is 1. The van der Waals surface area contributed by atoms with Crippen molar-refractivity contribution in [1.82, 2.24) is 0 Å². The Morgan fingerprint density at radius 1 is 0.941 bits per heavy atom. The number of rotatable bonds is 16. The number of carboxylic acids is 1.